The van der Waals surface area contributed by atoms with Gasteiger partial charge in [-0.2, -0.15) is 0 Å². The Morgan fingerprint density at radius 2 is 2.50 bits per heavy atom. The minimum absolute atomic E-state index is 0.716. The Balaban J connectivity index is 2.15. The molecule has 0 unspecified atom stereocenters. The molecule has 0 bridgehead atoms. The van der Waals surface area contributed by atoms with Gasteiger partial charge in [0.25, 0.3) is 0 Å². The molecule has 0 saturated heterocycles. The van der Waals surface area contributed by atoms with Crippen LogP contribution in [0.3, 0.4) is 0 Å². The molecule has 3 nitrogen and oxygen atoms in total. The zero-order chi connectivity index (χ0) is 7.23. The monoisotopic (exact) mass is 140 g/mol. The summed E-state index contributed by atoms with van der Waals surface area (Å²) in [6.07, 6.45) is 2.62. The van der Waals surface area contributed by atoms with Gasteiger partial charge in [-0.05, 0) is 19.0 Å². The lowest BCUT2D eigenvalue weighted by Gasteiger charge is -1.98. The third-order valence-corrected chi connectivity index (χ3v) is 1.20. The van der Waals surface area contributed by atoms with E-state index in [0.717, 1.165) is 18.8 Å². The molecule has 3 N–H and O–H groups in total. The van der Waals surface area contributed by atoms with Crippen LogP contribution in [-0.2, 0) is 0 Å². The fourth-order valence-electron chi connectivity index (χ4n) is 0.693. The van der Waals surface area contributed by atoms with Crippen LogP contribution in [0.2, 0.25) is 0 Å². The van der Waals surface area contributed by atoms with Crippen molar-refractivity contribution in [3.63, 3.8) is 0 Å². The van der Waals surface area contributed by atoms with Gasteiger partial charge in [0, 0.05) is 12.6 Å². The normalized spacial score (nSPS) is 9.70. The highest BCUT2D eigenvalue weighted by atomic mass is 16.3. The Morgan fingerprint density at radius 3 is 3.10 bits per heavy atom. The third kappa shape index (κ3) is 2.11. The Bertz CT molecular complexity index is 160. The maximum absolute atomic E-state index is 5.30. The summed E-state index contributed by atoms with van der Waals surface area (Å²) in [4.78, 5) is 0. The maximum atomic E-state index is 5.30. The van der Waals surface area contributed by atoms with Crippen molar-refractivity contribution in [2.45, 2.75) is 6.42 Å². The largest absolute Gasteiger partial charge is 0.449 e. The summed E-state index contributed by atoms with van der Waals surface area (Å²) >= 11 is 0. The number of nitrogens with one attached hydrogen (secondary N) is 1. The average molecular weight is 140 g/mol. The van der Waals surface area contributed by atoms with Crippen LogP contribution in [0.4, 0.5) is 5.88 Å². The fourth-order valence-corrected chi connectivity index (χ4v) is 0.693. The second-order valence-corrected chi connectivity index (χ2v) is 2.05. The summed E-state index contributed by atoms with van der Waals surface area (Å²) in [5, 5.41) is 3.08. The zero-order valence-electron chi connectivity index (χ0n) is 5.84. The summed E-state index contributed by atoms with van der Waals surface area (Å²) < 4.78 is 5.03. The van der Waals surface area contributed by atoms with Crippen molar-refractivity contribution in [2.75, 3.05) is 18.4 Å². The molecule has 0 spiro atoms. The van der Waals surface area contributed by atoms with Crippen molar-refractivity contribution in [1.29, 1.82) is 0 Å². The van der Waals surface area contributed by atoms with E-state index in [9.17, 15) is 0 Å². The van der Waals surface area contributed by atoms with Crippen LogP contribution in [-0.4, -0.2) is 13.1 Å². The van der Waals surface area contributed by atoms with Crippen molar-refractivity contribution >= 4 is 5.88 Å². The molecule has 56 valence electrons. The second-order valence-electron chi connectivity index (χ2n) is 2.05. The first kappa shape index (κ1) is 7.15. The van der Waals surface area contributed by atoms with E-state index in [4.69, 9.17) is 10.2 Å². The molecule has 0 amide bonds. The van der Waals surface area contributed by atoms with Crippen LogP contribution in [0.25, 0.3) is 0 Å². The van der Waals surface area contributed by atoms with Gasteiger partial charge >= 0.3 is 0 Å². The zero-order valence-corrected chi connectivity index (χ0v) is 5.84. The highest BCUT2D eigenvalue weighted by Crippen LogP contribution is 2.05. The number of hydrogen-bond acceptors (Lipinski definition) is 3. The number of anilines is 1. The number of furan rings is 1. The second kappa shape index (κ2) is 3.95. The van der Waals surface area contributed by atoms with Crippen molar-refractivity contribution in [3.8, 4) is 0 Å². The van der Waals surface area contributed by atoms with Gasteiger partial charge in [-0.25, -0.2) is 0 Å². The number of rotatable bonds is 4. The summed E-state index contributed by atoms with van der Waals surface area (Å²) in [5.41, 5.74) is 5.30. The maximum Gasteiger partial charge on any atom is 0.192 e. The molecule has 0 aliphatic rings. The molecule has 3 heteroatoms. The molecule has 0 atom stereocenters. The van der Waals surface area contributed by atoms with Gasteiger partial charge in [0.2, 0.25) is 0 Å². The molecule has 10 heavy (non-hydrogen) atoms. The first-order valence-electron chi connectivity index (χ1n) is 3.41. The Kier molecular flexibility index (Phi) is 2.83. The van der Waals surface area contributed by atoms with Crippen molar-refractivity contribution in [2.24, 2.45) is 5.73 Å². The van der Waals surface area contributed by atoms with Crippen LogP contribution < -0.4 is 11.1 Å². The number of hydrogen-bond donors (Lipinski definition) is 2. The van der Waals surface area contributed by atoms with E-state index in [1.54, 1.807) is 6.26 Å². The van der Waals surface area contributed by atoms with Gasteiger partial charge in [-0.1, -0.05) is 0 Å². The van der Waals surface area contributed by atoms with E-state index in [-0.39, 0.29) is 0 Å². The van der Waals surface area contributed by atoms with E-state index in [0.29, 0.717) is 6.54 Å². The third-order valence-electron chi connectivity index (χ3n) is 1.20. The lowest BCUT2D eigenvalue weighted by molar-refractivity contribution is 0.578. The highest BCUT2D eigenvalue weighted by Gasteiger charge is 1.89. The predicted molar refractivity (Wildman–Crippen MR) is 40.9 cm³/mol. The van der Waals surface area contributed by atoms with Crippen LogP contribution in [0.1, 0.15) is 6.42 Å². The topological polar surface area (TPSA) is 51.2 Å². The minimum atomic E-state index is 0.716. The number of nitrogens with two attached hydrogens (primary N) is 1. The summed E-state index contributed by atoms with van der Waals surface area (Å²) in [5.74, 6) is 0.813. The lowest BCUT2D eigenvalue weighted by atomic mass is 10.4. The molecule has 1 aromatic rings. The van der Waals surface area contributed by atoms with E-state index < -0.39 is 0 Å². The Morgan fingerprint density at radius 1 is 1.60 bits per heavy atom. The van der Waals surface area contributed by atoms with Crippen LogP contribution in [0, 0.1) is 0 Å². The van der Waals surface area contributed by atoms with Crippen molar-refractivity contribution < 1.29 is 4.42 Å². The molecule has 0 saturated carbocycles. The van der Waals surface area contributed by atoms with Gasteiger partial charge in [0.15, 0.2) is 5.88 Å². The predicted octanol–water partition coefficient (Wildman–Crippen LogP) is 1.04. The van der Waals surface area contributed by atoms with E-state index in [2.05, 4.69) is 5.32 Å². The molecule has 0 aliphatic heterocycles. The Labute approximate surface area is 60.2 Å². The standard InChI is InChI=1S/C7H12N2O/c8-4-2-5-9-7-3-1-6-10-7/h1,3,6,9H,2,4-5,8H2. The van der Waals surface area contributed by atoms with Gasteiger partial charge in [-0.15, -0.1) is 0 Å². The van der Waals surface area contributed by atoms with E-state index in [1.165, 1.54) is 0 Å². The van der Waals surface area contributed by atoms with Crippen molar-refractivity contribution in [3.05, 3.63) is 18.4 Å². The van der Waals surface area contributed by atoms with Crippen LogP contribution >= 0.6 is 0 Å². The van der Waals surface area contributed by atoms with Crippen LogP contribution in [0.15, 0.2) is 22.8 Å². The summed E-state index contributed by atoms with van der Waals surface area (Å²) in [7, 11) is 0. The van der Waals surface area contributed by atoms with Gasteiger partial charge < -0.3 is 15.5 Å². The molecular weight excluding hydrogens is 128 g/mol. The molecule has 0 radical (unpaired) electrons. The quantitative estimate of drug-likeness (QED) is 0.614. The SMILES string of the molecule is NCCCNc1ccco1. The van der Waals surface area contributed by atoms with Crippen LogP contribution in [0.5, 0.6) is 0 Å². The molecule has 0 aromatic carbocycles. The molecule has 1 aromatic heterocycles. The van der Waals surface area contributed by atoms with E-state index >= 15 is 0 Å². The van der Waals surface area contributed by atoms with E-state index in [1.807, 2.05) is 12.1 Å². The molecule has 1 heterocycles. The van der Waals surface area contributed by atoms with Gasteiger partial charge in [0.1, 0.15) is 0 Å². The first-order valence-corrected chi connectivity index (χ1v) is 3.41. The van der Waals surface area contributed by atoms with Gasteiger partial charge in [-0.3, -0.25) is 0 Å². The molecule has 1 rings (SSSR count). The molecule has 0 aliphatic carbocycles. The first-order chi connectivity index (χ1) is 4.93. The molecular formula is C7H12N2O. The average Bonchev–Trinajstić information content (AvgIpc) is 2.41. The minimum Gasteiger partial charge on any atom is -0.449 e. The highest BCUT2D eigenvalue weighted by molar-refractivity contribution is 5.29. The fraction of sp³-hybridized carbons (Fsp3) is 0.429. The molecule has 0 fully saturated rings. The Hall–Kier alpha value is -0.960. The van der Waals surface area contributed by atoms with Gasteiger partial charge in [0.05, 0.1) is 6.26 Å². The van der Waals surface area contributed by atoms with Crippen molar-refractivity contribution in [1.82, 2.24) is 0 Å². The summed E-state index contributed by atoms with van der Waals surface area (Å²) in [6.45, 7) is 1.59. The lowest BCUT2D eigenvalue weighted by Crippen LogP contribution is -2.07. The smallest absolute Gasteiger partial charge is 0.192 e. The summed E-state index contributed by atoms with van der Waals surface area (Å²) in [6, 6.07) is 3.74.